The topological polar surface area (TPSA) is 17.1 Å². The van der Waals surface area contributed by atoms with Gasteiger partial charge in [0.05, 0.1) is 13.5 Å². The molecule has 0 radical (unpaired) electrons. The van der Waals surface area contributed by atoms with E-state index >= 15 is 0 Å². The third-order valence-electron chi connectivity index (χ3n) is 4.44. The monoisotopic (exact) mass is 464 g/mol. The van der Waals surface area contributed by atoms with Gasteiger partial charge in [-0.1, -0.05) is 77.6 Å². The number of rotatable bonds is 1. The molecule has 0 N–H and O–H groups in total. The number of carbonyl (C=O) groups is 1. The van der Waals surface area contributed by atoms with Crippen molar-refractivity contribution < 1.29 is 4.79 Å². The highest BCUT2D eigenvalue weighted by molar-refractivity contribution is 9.24. The van der Waals surface area contributed by atoms with Crippen molar-refractivity contribution in [1.82, 2.24) is 0 Å². The average Bonchev–Trinajstić information content (AvgIpc) is 2.46. The van der Waals surface area contributed by atoms with Crippen molar-refractivity contribution in [3.63, 3.8) is 0 Å². The molecule has 2 aliphatic carbocycles. The molecular formula is C10H12Br4O. The van der Waals surface area contributed by atoms with Crippen molar-refractivity contribution in [2.45, 2.75) is 39.6 Å². The van der Waals surface area contributed by atoms with Crippen LogP contribution in [-0.4, -0.2) is 18.7 Å². The van der Waals surface area contributed by atoms with E-state index in [9.17, 15) is 4.79 Å². The molecule has 0 aliphatic heterocycles. The quantitative estimate of drug-likeness (QED) is 0.523. The Morgan fingerprint density at radius 3 is 2.13 bits per heavy atom. The van der Waals surface area contributed by atoms with Gasteiger partial charge in [0.25, 0.3) is 0 Å². The fourth-order valence-corrected chi connectivity index (χ4v) is 6.71. The number of hydrogen-bond acceptors (Lipinski definition) is 1. The summed E-state index contributed by atoms with van der Waals surface area (Å²) in [6.07, 6.45) is 2.00. The van der Waals surface area contributed by atoms with Crippen molar-refractivity contribution in [3.05, 3.63) is 0 Å². The Balaban J connectivity index is 2.59. The van der Waals surface area contributed by atoms with Gasteiger partial charge in [0, 0.05) is 4.83 Å². The van der Waals surface area contributed by atoms with Gasteiger partial charge < -0.3 is 0 Å². The minimum absolute atomic E-state index is 0.00521. The number of carbonyl (C=O) groups excluding carboxylic acids is 1. The molecule has 0 aromatic heterocycles. The molecule has 2 bridgehead atoms. The molecule has 1 nitrogen and oxygen atoms in total. The van der Waals surface area contributed by atoms with E-state index in [2.05, 4.69) is 77.6 Å². The summed E-state index contributed by atoms with van der Waals surface area (Å²) < 4.78 is -0.342. The molecule has 0 amide bonds. The van der Waals surface area contributed by atoms with E-state index in [-0.39, 0.29) is 23.7 Å². The molecule has 4 atom stereocenters. The Kier molecular flexibility index (Phi) is 3.08. The van der Waals surface area contributed by atoms with E-state index in [1.807, 2.05) is 0 Å². The van der Waals surface area contributed by atoms with Gasteiger partial charge in [0.15, 0.2) is 5.78 Å². The van der Waals surface area contributed by atoms with Crippen LogP contribution in [0.5, 0.6) is 0 Å². The Labute approximate surface area is 124 Å². The maximum Gasteiger partial charge on any atom is 0.159 e. The lowest BCUT2D eigenvalue weighted by atomic mass is 9.65. The summed E-state index contributed by atoms with van der Waals surface area (Å²) in [5.74, 6) is 0.310. The highest BCUT2D eigenvalue weighted by atomic mass is 79.9. The predicted molar refractivity (Wildman–Crippen MR) is 76.5 cm³/mol. The van der Waals surface area contributed by atoms with E-state index in [1.165, 1.54) is 0 Å². The molecule has 2 rings (SSSR count). The lowest BCUT2D eigenvalue weighted by molar-refractivity contribution is -0.131. The van der Waals surface area contributed by atoms with E-state index < -0.39 is 0 Å². The van der Waals surface area contributed by atoms with Gasteiger partial charge in [-0.05, 0) is 18.3 Å². The number of Topliss-reactive ketones (excluding diaryl/α,β-unsaturated/α-hetero) is 1. The average molecular weight is 468 g/mol. The maximum absolute atomic E-state index is 12.5. The molecule has 2 aliphatic rings. The van der Waals surface area contributed by atoms with Crippen LogP contribution >= 0.6 is 63.7 Å². The van der Waals surface area contributed by atoms with Gasteiger partial charge in [-0.3, -0.25) is 4.79 Å². The molecule has 5 heteroatoms. The van der Waals surface area contributed by atoms with Crippen LogP contribution in [0.15, 0.2) is 0 Å². The van der Waals surface area contributed by atoms with E-state index in [0.29, 0.717) is 5.78 Å². The number of alkyl halides is 4. The minimum atomic E-state index is -0.365. The zero-order valence-corrected chi connectivity index (χ0v) is 14.8. The van der Waals surface area contributed by atoms with Crippen LogP contribution in [0.2, 0.25) is 0 Å². The Bertz CT molecular complexity index is 331. The first-order valence-electron chi connectivity index (χ1n) is 4.87. The molecule has 0 aromatic rings. The lowest BCUT2D eigenvalue weighted by Crippen LogP contribution is -2.47. The molecule has 2 fully saturated rings. The first-order chi connectivity index (χ1) is 6.71. The van der Waals surface area contributed by atoms with E-state index in [4.69, 9.17) is 0 Å². The molecular weight excluding hydrogens is 456 g/mol. The van der Waals surface area contributed by atoms with Crippen LogP contribution in [0.25, 0.3) is 0 Å². The fraction of sp³-hybridized carbons (Fsp3) is 0.900. The number of fused-ring (bicyclic) bond motifs is 2. The van der Waals surface area contributed by atoms with Gasteiger partial charge in [-0.2, -0.15) is 0 Å². The van der Waals surface area contributed by atoms with Crippen molar-refractivity contribution in [3.8, 4) is 0 Å². The molecule has 0 aromatic carbocycles. The van der Waals surface area contributed by atoms with E-state index in [1.54, 1.807) is 0 Å². The van der Waals surface area contributed by atoms with Gasteiger partial charge in [-0.15, -0.1) is 0 Å². The second-order valence-electron chi connectivity index (χ2n) is 4.97. The second-order valence-corrected chi connectivity index (χ2v) is 10.4. The molecule has 15 heavy (non-hydrogen) atoms. The number of ketones is 1. The summed E-state index contributed by atoms with van der Waals surface area (Å²) in [5.41, 5.74) is -0.353. The largest absolute Gasteiger partial charge is 0.297 e. The maximum atomic E-state index is 12.5. The van der Waals surface area contributed by atoms with Gasteiger partial charge >= 0.3 is 0 Å². The molecule has 0 heterocycles. The summed E-state index contributed by atoms with van der Waals surface area (Å²) in [5, 5.41) is 0. The lowest BCUT2D eigenvalue weighted by Gasteiger charge is -2.43. The van der Waals surface area contributed by atoms with Crippen LogP contribution in [0.4, 0.5) is 0 Å². The Morgan fingerprint density at radius 2 is 1.87 bits per heavy atom. The van der Waals surface area contributed by atoms with Gasteiger partial charge in [-0.25, -0.2) is 0 Å². The normalized spacial score (nSPS) is 54.3. The summed E-state index contributed by atoms with van der Waals surface area (Å²) in [6, 6.07) is 0. The van der Waals surface area contributed by atoms with Crippen molar-refractivity contribution in [2.75, 3.05) is 0 Å². The first kappa shape index (κ1) is 13.0. The first-order valence-corrected chi connectivity index (χ1v) is 8.41. The van der Waals surface area contributed by atoms with Crippen LogP contribution in [0, 0.1) is 10.8 Å². The Morgan fingerprint density at radius 1 is 1.33 bits per heavy atom. The van der Waals surface area contributed by atoms with Crippen LogP contribution < -0.4 is 0 Å². The third-order valence-corrected chi connectivity index (χ3v) is 9.89. The molecule has 0 unspecified atom stereocenters. The summed E-state index contributed by atoms with van der Waals surface area (Å²) >= 11 is 14.5. The summed E-state index contributed by atoms with van der Waals surface area (Å²) in [4.78, 5) is 12.7. The Hall–Kier alpha value is 1.59. The minimum Gasteiger partial charge on any atom is -0.297 e. The highest BCUT2D eigenvalue weighted by Gasteiger charge is 2.75. The molecule has 2 saturated carbocycles. The SMILES string of the molecule is C[C@@]1(C(Br)Br)C(=O)[C@]2(Br)CC[C@@]1(C)[C@H]2Br. The molecule has 0 spiro atoms. The van der Waals surface area contributed by atoms with Gasteiger partial charge in [0.2, 0.25) is 0 Å². The number of hydrogen-bond donors (Lipinski definition) is 0. The molecule has 86 valence electrons. The standard InChI is InChI=1S/C10H12Br4O/c1-8-3-4-10(14,5(8)11)6(15)9(8,2)7(12)13/h5,7H,3-4H2,1-2H3/t5-,8+,9+,10+/m1/s1. The van der Waals surface area contributed by atoms with Crippen molar-refractivity contribution in [2.24, 2.45) is 10.8 Å². The van der Waals surface area contributed by atoms with Crippen LogP contribution in [0.1, 0.15) is 26.7 Å². The summed E-state index contributed by atoms with van der Waals surface area (Å²) in [6.45, 7) is 4.26. The highest BCUT2D eigenvalue weighted by Crippen LogP contribution is 2.71. The fourth-order valence-electron chi connectivity index (χ4n) is 2.99. The van der Waals surface area contributed by atoms with Crippen LogP contribution in [0.3, 0.4) is 0 Å². The predicted octanol–water partition coefficient (Wildman–Crippen LogP) is 4.39. The zero-order chi connectivity index (χ0) is 11.6. The zero-order valence-electron chi connectivity index (χ0n) is 8.49. The number of halogens is 4. The van der Waals surface area contributed by atoms with E-state index in [0.717, 1.165) is 12.8 Å². The summed E-state index contributed by atoms with van der Waals surface area (Å²) in [7, 11) is 0. The van der Waals surface area contributed by atoms with Crippen molar-refractivity contribution in [1.29, 1.82) is 0 Å². The smallest absolute Gasteiger partial charge is 0.159 e. The second kappa shape index (κ2) is 3.55. The van der Waals surface area contributed by atoms with Crippen LogP contribution in [-0.2, 0) is 4.79 Å². The molecule has 0 saturated heterocycles. The van der Waals surface area contributed by atoms with Gasteiger partial charge in [0.1, 0.15) is 0 Å². The third kappa shape index (κ3) is 1.27. The van der Waals surface area contributed by atoms with Crippen molar-refractivity contribution >= 4 is 69.5 Å².